The molecular weight excluding hydrogens is 350 g/mol. The number of rotatable bonds is 7. The lowest BCUT2D eigenvalue weighted by molar-refractivity contribution is 0.600. The van der Waals surface area contributed by atoms with Gasteiger partial charge >= 0.3 is 0 Å². The van der Waals surface area contributed by atoms with Gasteiger partial charge in [0.15, 0.2) is 0 Å². The highest BCUT2D eigenvalue weighted by Crippen LogP contribution is 2.22. The lowest BCUT2D eigenvalue weighted by Crippen LogP contribution is -2.15. The molecular formula is C18H25N5O2S. The van der Waals surface area contributed by atoms with E-state index < -0.39 is 10.0 Å². The summed E-state index contributed by atoms with van der Waals surface area (Å²) in [7, 11) is -3.71. The third-order valence-corrected chi connectivity index (χ3v) is 6.11. The fourth-order valence-corrected chi connectivity index (χ4v) is 4.56. The number of allylic oxidation sites excluding steroid dienone is 1. The second-order valence-corrected chi connectivity index (χ2v) is 8.20. The van der Waals surface area contributed by atoms with E-state index in [0.29, 0.717) is 11.4 Å². The van der Waals surface area contributed by atoms with Gasteiger partial charge in [-0.3, -0.25) is 9.82 Å². The number of aromatic nitrogens is 3. The van der Waals surface area contributed by atoms with Crippen molar-refractivity contribution in [1.29, 1.82) is 0 Å². The first-order valence-electron chi connectivity index (χ1n) is 8.88. The monoisotopic (exact) mass is 375 g/mol. The van der Waals surface area contributed by atoms with Crippen LogP contribution in [0.4, 0.5) is 11.5 Å². The van der Waals surface area contributed by atoms with Gasteiger partial charge in [-0.1, -0.05) is 11.6 Å². The number of hydrogen-bond donors (Lipinski definition) is 3. The molecule has 140 valence electrons. The molecule has 0 radical (unpaired) electrons. The van der Waals surface area contributed by atoms with Crippen molar-refractivity contribution in [2.24, 2.45) is 0 Å². The van der Waals surface area contributed by atoms with Gasteiger partial charge in [-0.2, -0.15) is 5.10 Å². The predicted octanol–water partition coefficient (Wildman–Crippen LogP) is 3.52. The smallest absolute Gasteiger partial charge is 0.266 e. The van der Waals surface area contributed by atoms with Crippen LogP contribution >= 0.6 is 0 Å². The number of aryl methyl sites for hydroxylation is 2. The Morgan fingerprint density at radius 1 is 1.23 bits per heavy atom. The molecule has 3 N–H and O–H groups in total. The van der Waals surface area contributed by atoms with Crippen LogP contribution in [0.5, 0.6) is 0 Å². The van der Waals surface area contributed by atoms with Gasteiger partial charge < -0.3 is 5.32 Å². The average molecular weight is 375 g/mol. The van der Waals surface area contributed by atoms with Gasteiger partial charge in [0.05, 0.1) is 23.3 Å². The lowest BCUT2D eigenvalue weighted by atomic mass is 9.97. The van der Waals surface area contributed by atoms with Gasteiger partial charge in [0, 0.05) is 6.54 Å². The van der Waals surface area contributed by atoms with Crippen LogP contribution < -0.4 is 10.0 Å². The topological polar surface area (TPSA) is 99.8 Å². The Kier molecular flexibility index (Phi) is 5.61. The van der Waals surface area contributed by atoms with Crippen LogP contribution in [0.25, 0.3) is 0 Å². The molecule has 0 spiro atoms. The minimum atomic E-state index is -3.71. The molecule has 26 heavy (non-hydrogen) atoms. The molecule has 8 heteroatoms. The van der Waals surface area contributed by atoms with E-state index in [1.165, 1.54) is 31.3 Å². The van der Waals surface area contributed by atoms with E-state index in [4.69, 9.17) is 0 Å². The number of nitrogens with one attached hydrogen (secondary N) is 3. The number of hydrogen-bond acceptors (Lipinski definition) is 5. The summed E-state index contributed by atoms with van der Waals surface area (Å²) in [6, 6.07) is 3.49. The number of sulfonamides is 1. The Labute approximate surface area is 154 Å². The van der Waals surface area contributed by atoms with Crippen molar-refractivity contribution in [2.75, 3.05) is 16.6 Å². The SMILES string of the molecule is Cc1n[nH]c(C)c1S(=O)(=O)Nc1ccc(NCCC2=CCCCC2)cn1. The number of anilines is 2. The first-order valence-corrected chi connectivity index (χ1v) is 10.4. The molecule has 0 aliphatic heterocycles. The lowest BCUT2D eigenvalue weighted by Gasteiger charge is -2.13. The Bertz CT molecular complexity index is 865. The van der Waals surface area contributed by atoms with E-state index in [2.05, 4.69) is 31.3 Å². The highest BCUT2D eigenvalue weighted by molar-refractivity contribution is 7.92. The normalized spacial score (nSPS) is 14.8. The highest BCUT2D eigenvalue weighted by atomic mass is 32.2. The molecule has 7 nitrogen and oxygen atoms in total. The fourth-order valence-electron chi connectivity index (χ4n) is 3.18. The number of nitrogens with zero attached hydrogens (tertiary/aromatic N) is 2. The van der Waals surface area contributed by atoms with E-state index in [1.807, 2.05) is 6.07 Å². The summed E-state index contributed by atoms with van der Waals surface area (Å²) < 4.78 is 27.5. The second-order valence-electron chi connectivity index (χ2n) is 6.59. The fraction of sp³-hybridized carbons (Fsp3) is 0.444. The Balaban J connectivity index is 1.58. The maximum atomic E-state index is 12.5. The molecule has 0 atom stereocenters. The van der Waals surface area contributed by atoms with E-state index in [9.17, 15) is 8.42 Å². The van der Waals surface area contributed by atoms with Crippen LogP contribution in [0, 0.1) is 13.8 Å². The first-order chi connectivity index (χ1) is 12.5. The summed E-state index contributed by atoms with van der Waals surface area (Å²) in [6.45, 7) is 4.18. The molecule has 0 saturated carbocycles. The predicted molar refractivity (Wildman–Crippen MR) is 103 cm³/mol. The third kappa shape index (κ3) is 4.43. The summed E-state index contributed by atoms with van der Waals surface area (Å²) in [4.78, 5) is 4.37. The van der Waals surface area contributed by atoms with Crippen molar-refractivity contribution >= 4 is 21.5 Å². The molecule has 0 fully saturated rings. The summed E-state index contributed by atoms with van der Waals surface area (Å²) >= 11 is 0. The summed E-state index contributed by atoms with van der Waals surface area (Å²) in [5.74, 6) is 0.283. The molecule has 0 bridgehead atoms. The van der Waals surface area contributed by atoms with Crippen molar-refractivity contribution in [3.05, 3.63) is 41.4 Å². The zero-order chi connectivity index (χ0) is 18.6. The van der Waals surface area contributed by atoms with Gasteiger partial charge in [0.1, 0.15) is 10.7 Å². The molecule has 0 unspecified atom stereocenters. The van der Waals surface area contributed by atoms with Crippen molar-refractivity contribution < 1.29 is 8.42 Å². The molecule has 1 aliphatic rings. The summed E-state index contributed by atoms with van der Waals surface area (Å²) in [5.41, 5.74) is 3.34. The second kappa shape index (κ2) is 7.90. The first kappa shape index (κ1) is 18.4. The minimum Gasteiger partial charge on any atom is -0.383 e. The molecule has 0 amide bonds. The van der Waals surface area contributed by atoms with E-state index >= 15 is 0 Å². The molecule has 2 aromatic heterocycles. The quantitative estimate of drug-likeness (QED) is 0.643. The standard InChI is InChI=1S/C18H25N5O2S/c1-13-18(14(2)22-21-13)26(24,25)23-17-9-8-16(12-20-17)19-11-10-15-6-4-3-5-7-15/h6,8-9,12,19H,3-5,7,10-11H2,1-2H3,(H,20,23)(H,21,22). The van der Waals surface area contributed by atoms with Gasteiger partial charge in [-0.15, -0.1) is 0 Å². The van der Waals surface area contributed by atoms with Crippen LogP contribution in [0.3, 0.4) is 0 Å². The third-order valence-electron chi connectivity index (χ3n) is 4.49. The number of H-pyrrole nitrogens is 1. The molecule has 2 aromatic rings. The number of aromatic amines is 1. The molecule has 0 saturated heterocycles. The summed E-state index contributed by atoms with van der Waals surface area (Å²) in [5, 5.41) is 9.95. The van der Waals surface area contributed by atoms with Gasteiger partial charge in [0.2, 0.25) is 0 Å². The van der Waals surface area contributed by atoms with Crippen LogP contribution in [0.2, 0.25) is 0 Å². The Morgan fingerprint density at radius 2 is 2.08 bits per heavy atom. The minimum absolute atomic E-state index is 0.169. The number of pyridine rings is 1. The van der Waals surface area contributed by atoms with E-state index in [0.717, 1.165) is 18.7 Å². The van der Waals surface area contributed by atoms with Crippen molar-refractivity contribution in [3.8, 4) is 0 Å². The highest BCUT2D eigenvalue weighted by Gasteiger charge is 2.22. The molecule has 0 aromatic carbocycles. The van der Waals surface area contributed by atoms with Crippen LogP contribution in [-0.2, 0) is 10.0 Å². The zero-order valence-corrected chi connectivity index (χ0v) is 16.0. The van der Waals surface area contributed by atoms with Gasteiger partial charge in [0.25, 0.3) is 10.0 Å². The van der Waals surface area contributed by atoms with Crippen LogP contribution in [0.1, 0.15) is 43.5 Å². The molecule has 2 heterocycles. The average Bonchev–Trinajstić information content (AvgIpc) is 2.96. The molecule has 3 rings (SSSR count). The summed E-state index contributed by atoms with van der Waals surface area (Å²) in [6.07, 6.45) is 10.0. The van der Waals surface area contributed by atoms with Crippen molar-refractivity contribution in [2.45, 2.75) is 50.8 Å². The molecule has 1 aliphatic carbocycles. The van der Waals surface area contributed by atoms with Gasteiger partial charge in [-0.25, -0.2) is 13.4 Å². The van der Waals surface area contributed by atoms with E-state index in [-0.39, 0.29) is 10.7 Å². The maximum Gasteiger partial charge on any atom is 0.266 e. The van der Waals surface area contributed by atoms with Crippen LogP contribution in [-0.4, -0.2) is 30.1 Å². The van der Waals surface area contributed by atoms with Crippen molar-refractivity contribution in [1.82, 2.24) is 15.2 Å². The zero-order valence-electron chi connectivity index (χ0n) is 15.2. The van der Waals surface area contributed by atoms with Crippen molar-refractivity contribution in [3.63, 3.8) is 0 Å². The van der Waals surface area contributed by atoms with Gasteiger partial charge in [-0.05, 0) is 58.1 Å². The Hall–Kier alpha value is -2.35. The van der Waals surface area contributed by atoms with Crippen LogP contribution in [0.15, 0.2) is 34.9 Å². The largest absolute Gasteiger partial charge is 0.383 e. The van der Waals surface area contributed by atoms with E-state index in [1.54, 1.807) is 26.1 Å². The Morgan fingerprint density at radius 3 is 2.69 bits per heavy atom. The maximum absolute atomic E-state index is 12.5.